The summed E-state index contributed by atoms with van der Waals surface area (Å²) in [5.74, 6) is 1.90. The van der Waals surface area contributed by atoms with Crippen molar-refractivity contribution in [2.24, 2.45) is 0 Å². The van der Waals surface area contributed by atoms with Crippen LogP contribution in [-0.2, 0) is 11.3 Å². The van der Waals surface area contributed by atoms with E-state index >= 15 is 0 Å². The summed E-state index contributed by atoms with van der Waals surface area (Å²) in [7, 11) is 0. The fraction of sp³-hybridized carbons (Fsp3) is 0.400. The van der Waals surface area contributed by atoms with Crippen LogP contribution in [0.3, 0.4) is 0 Å². The van der Waals surface area contributed by atoms with Crippen LogP contribution in [0.4, 0.5) is 0 Å². The number of thiophene rings is 1. The largest absolute Gasteiger partial charge is 0.333 e. The van der Waals surface area contributed by atoms with Crippen LogP contribution in [0, 0.1) is 0 Å². The van der Waals surface area contributed by atoms with Crippen LogP contribution in [0.1, 0.15) is 29.5 Å². The molecule has 0 bridgehead atoms. The van der Waals surface area contributed by atoms with Gasteiger partial charge in [0.2, 0.25) is 11.1 Å². The summed E-state index contributed by atoms with van der Waals surface area (Å²) in [5.41, 5.74) is 0. The van der Waals surface area contributed by atoms with Crippen molar-refractivity contribution in [3.05, 3.63) is 39.3 Å². The molecule has 1 fully saturated rings. The molecule has 2 aromatic rings. The molecule has 1 amide bonds. The van der Waals surface area contributed by atoms with Crippen molar-refractivity contribution in [1.29, 1.82) is 0 Å². The number of amides is 1. The number of rotatable bonds is 8. The topological polar surface area (TPSA) is 61.9 Å². The first kappa shape index (κ1) is 16.7. The summed E-state index contributed by atoms with van der Waals surface area (Å²) in [4.78, 5) is 19.8. The Hall–Kier alpha value is -1.12. The normalized spacial score (nSPS) is 14.0. The number of aromatic nitrogens is 3. The van der Waals surface area contributed by atoms with Gasteiger partial charge in [0.15, 0.2) is 0 Å². The SMILES string of the molecule is C=CCN(Cc1ccc(Br)s1)C(=O)CSc1n[nH]c(C2CC2)n1. The average molecular weight is 413 g/mol. The van der Waals surface area contributed by atoms with E-state index in [1.165, 1.54) is 24.6 Å². The van der Waals surface area contributed by atoms with E-state index < -0.39 is 0 Å². The van der Waals surface area contributed by atoms with Crippen LogP contribution < -0.4 is 0 Å². The molecule has 8 heteroatoms. The number of nitrogens with zero attached hydrogens (tertiary/aromatic N) is 3. The van der Waals surface area contributed by atoms with E-state index in [0.29, 0.717) is 29.9 Å². The predicted octanol–water partition coefficient (Wildman–Crippen LogP) is 3.81. The highest BCUT2D eigenvalue weighted by molar-refractivity contribution is 9.11. The second-order valence-corrected chi connectivity index (χ2v) is 8.82. The first-order valence-electron chi connectivity index (χ1n) is 7.33. The van der Waals surface area contributed by atoms with E-state index in [-0.39, 0.29) is 5.91 Å². The minimum absolute atomic E-state index is 0.0668. The van der Waals surface area contributed by atoms with Crippen molar-refractivity contribution in [3.8, 4) is 0 Å². The summed E-state index contributed by atoms with van der Waals surface area (Å²) in [6, 6.07) is 4.03. The van der Waals surface area contributed by atoms with Gasteiger partial charge in [-0.05, 0) is 40.9 Å². The third-order valence-corrected chi connectivity index (χ3v) is 5.89. The lowest BCUT2D eigenvalue weighted by Gasteiger charge is -2.19. The van der Waals surface area contributed by atoms with Gasteiger partial charge in [0.05, 0.1) is 16.1 Å². The van der Waals surface area contributed by atoms with Crippen LogP contribution in [0.15, 0.2) is 33.7 Å². The van der Waals surface area contributed by atoms with Crippen molar-refractivity contribution in [2.45, 2.75) is 30.5 Å². The van der Waals surface area contributed by atoms with Gasteiger partial charge in [-0.2, -0.15) is 0 Å². The zero-order valence-electron chi connectivity index (χ0n) is 12.5. The van der Waals surface area contributed by atoms with Crippen LogP contribution in [0.2, 0.25) is 0 Å². The molecule has 5 nitrogen and oxygen atoms in total. The van der Waals surface area contributed by atoms with Gasteiger partial charge in [-0.1, -0.05) is 17.8 Å². The lowest BCUT2D eigenvalue weighted by Crippen LogP contribution is -2.31. The molecule has 122 valence electrons. The maximum atomic E-state index is 12.5. The Morgan fingerprint density at radius 3 is 3.04 bits per heavy atom. The Kier molecular flexibility index (Phi) is 5.55. The first-order valence-corrected chi connectivity index (χ1v) is 9.93. The Morgan fingerprint density at radius 1 is 1.57 bits per heavy atom. The van der Waals surface area contributed by atoms with E-state index in [0.717, 1.165) is 14.5 Å². The smallest absolute Gasteiger partial charge is 0.233 e. The lowest BCUT2D eigenvalue weighted by molar-refractivity contribution is -0.128. The minimum atomic E-state index is 0.0668. The molecule has 2 aromatic heterocycles. The van der Waals surface area contributed by atoms with Crippen molar-refractivity contribution in [3.63, 3.8) is 0 Å². The average Bonchev–Trinajstić information content (AvgIpc) is 3.14. The van der Waals surface area contributed by atoms with E-state index in [9.17, 15) is 4.79 Å². The number of halogens is 1. The Morgan fingerprint density at radius 2 is 2.39 bits per heavy atom. The highest BCUT2D eigenvalue weighted by Crippen LogP contribution is 2.38. The summed E-state index contributed by atoms with van der Waals surface area (Å²) >= 11 is 6.47. The van der Waals surface area contributed by atoms with Crippen molar-refractivity contribution in [1.82, 2.24) is 20.1 Å². The predicted molar refractivity (Wildman–Crippen MR) is 96.7 cm³/mol. The summed E-state index contributed by atoms with van der Waals surface area (Å²) in [6.45, 7) is 4.88. The molecule has 0 saturated heterocycles. The molecule has 1 N–H and O–H groups in total. The fourth-order valence-corrected chi connectivity index (χ4v) is 4.32. The monoisotopic (exact) mass is 412 g/mol. The van der Waals surface area contributed by atoms with Crippen LogP contribution in [-0.4, -0.2) is 38.3 Å². The molecule has 23 heavy (non-hydrogen) atoms. The summed E-state index contributed by atoms with van der Waals surface area (Å²) in [6.07, 6.45) is 4.12. The zero-order valence-corrected chi connectivity index (χ0v) is 15.7. The Balaban J connectivity index is 1.55. The van der Waals surface area contributed by atoms with Crippen molar-refractivity contribution in [2.75, 3.05) is 12.3 Å². The standard InChI is InChI=1S/C15H17BrN4OS2/c1-2-7-20(8-11-5-6-12(16)23-11)13(21)9-22-15-17-14(18-19-15)10-3-4-10/h2,5-6,10H,1,3-4,7-9H2,(H,17,18,19). The molecule has 0 aromatic carbocycles. The quantitative estimate of drug-likeness (QED) is 0.528. The molecule has 1 saturated carbocycles. The number of H-pyrrole nitrogens is 1. The van der Waals surface area contributed by atoms with Gasteiger partial charge in [0, 0.05) is 17.3 Å². The molecule has 1 aliphatic carbocycles. The van der Waals surface area contributed by atoms with Gasteiger partial charge in [0.1, 0.15) is 5.82 Å². The van der Waals surface area contributed by atoms with Gasteiger partial charge in [-0.3, -0.25) is 9.89 Å². The van der Waals surface area contributed by atoms with Crippen LogP contribution >= 0.6 is 39.0 Å². The highest BCUT2D eigenvalue weighted by atomic mass is 79.9. The number of thioether (sulfide) groups is 1. The second-order valence-electron chi connectivity index (χ2n) is 5.33. The Labute approximate surface area is 151 Å². The maximum Gasteiger partial charge on any atom is 0.233 e. The van der Waals surface area contributed by atoms with Gasteiger partial charge in [-0.15, -0.1) is 23.0 Å². The molecular weight excluding hydrogens is 396 g/mol. The number of hydrogen-bond acceptors (Lipinski definition) is 5. The number of nitrogens with one attached hydrogen (secondary N) is 1. The molecule has 1 aliphatic rings. The van der Waals surface area contributed by atoms with Crippen molar-refractivity contribution < 1.29 is 4.79 Å². The lowest BCUT2D eigenvalue weighted by atomic mass is 10.4. The minimum Gasteiger partial charge on any atom is -0.333 e. The summed E-state index contributed by atoms with van der Waals surface area (Å²) in [5, 5.41) is 7.79. The number of aromatic amines is 1. The maximum absolute atomic E-state index is 12.5. The molecule has 3 rings (SSSR count). The van der Waals surface area contributed by atoms with E-state index in [4.69, 9.17) is 0 Å². The molecule has 0 atom stereocenters. The highest BCUT2D eigenvalue weighted by Gasteiger charge is 2.27. The van der Waals surface area contributed by atoms with E-state index in [1.54, 1.807) is 22.3 Å². The zero-order chi connectivity index (χ0) is 16.2. The molecule has 0 radical (unpaired) electrons. The number of carbonyl (C=O) groups is 1. The molecule has 0 spiro atoms. The number of carbonyl (C=O) groups excluding carboxylic acids is 1. The molecule has 2 heterocycles. The first-order chi connectivity index (χ1) is 11.2. The van der Waals surface area contributed by atoms with Crippen LogP contribution in [0.5, 0.6) is 0 Å². The van der Waals surface area contributed by atoms with E-state index in [2.05, 4.69) is 37.7 Å². The van der Waals surface area contributed by atoms with Crippen LogP contribution in [0.25, 0.3) is 0 Å². The van der Waals surface area contributed by atoms with E-state index in [1.807, 2.05) is 12.1 Å². The molecular formula is C15H17BrN4OS2. The summed E-state index contributed by atoms with van der Waals surface area (Å²) < 4.78 is 1.07. The van der Waals surface area contributed by atoms with Crippen molar-refractivity contribution >= 4 is 44.9 Å². The van der Waals surface area contributed by atoms with Gasteiger partial charge in [-0.25, -0.2) is 4.98 Å². The second kappa shape index (κ2) is 7.63. The van der Waals surface area contributed by atoms with Gasteiger partial charge >= 0.3 is 0 Å². The third-order valence-electron chi connectivity index (χ3n) is 3.45. The fourth-order valence-electron chi connectivity index (χ4n) is 2.11. The third kappa shape index (κ3) is 4.68. The molecule has 0 aliphatic heterocycles. The number of hydrogen-bond donors (Lipinski definition) is 1. The van der Waals surface area contributed by atoms with Gasteiger partial charge in [0.25, 0.3) is 0 Å². The van der Waals surface area contributed by atoms with Gasteiger partial charge < -0.3 is 4.90 Å². The Bertz CT molecular complexity index is 695. The molecule has 0 unspecified atom stereocenters.